The third kappa shape index (κ3) is 3.59. The van der Waals surface area contributed by atoms with Crippen LogP contribution in [0.15, 0.2) is 42.9 Å². The first-order chi connectivity index (χ1) is 8.74. The first-order valence-electron chi connectivity index (χ1n) is 5.74. The van der Waals surface area contributed by atoms with Gasteiger partial charge in [0.1, 0.15) is 0 Å². The van der Waals surface area contributed by atoms with Gasteiger partial charge >= 0.3 is 0 Å². The van der Waals surface area contributed by atoms with Crippen LogP contribution >= 0.6 is 0 Å². The minimum atomic E-state index is -0.120. The molecule has 18 heavy (non-hydrogen) atoms. The number of benzene rings is 1. The van der Waals surface area contributed by atoms with Crippen LogP contribution in [-0.2, 0) is 11.3 Å². The lowest BCUT2D eigenvalue weighted by atomic mass is 10.1. The second kappa shape index (κ2) is 5.82. The minimum Gasteiger partial charge on any atom is -0.347 e. The van der Waals surface area contributed by atoms with Gasteiger partial charge in [0, 0.05) is 12.3 Å². The van der Waals surface area contributed by atoms with Crippen molar-refractivity contribution in [3.63, 3.8) is 0 Å². The molecule has 1 aromatic heterocycles. The Bertz CT molecular complexity index is 527. The smallest absolute Gasteiger partial charge is 0.244 e. The van der Waals surface area contributed by atoms with E-state index in [0.717, 1.165) is 11.3 Å². The van der Waals surface area contributed by atoms with Crippen molar-refractivity contribution in [1.29, 1.82) is 0 Å². The maximum atomic E-state index is 11.5. The van der Waals surface area contributed by atoms with Gasteiger partial charge in [-0.1, -0.05) is 29.8 Å². The molecule has 1 aromatic carbocycles. The van der Waals surface area contributed by atoms with Gasteiger partial charge in [-0.15, -0.1) is 0 Å². The van der Waals surface area contributed by atoms with Crippen molar-refractivity contribution in [2.45, 2.75) is 13.5 Å². The first-order valence-corrected chi connectivity index (χ1v) is 5.74. The molecule has 0 radical (unpaired) electrons. The van der Waals surface area contributed by atoms with E-state index in [0.29, 0.717) is 6.54 Å². The van der Waals surface area contributed by atoms with E-state index in [2.05, 4.69) is 15.3 Å². The normalized spacial score (nSPS) is 10.7. The number of imidazole rings is 1. The number of hydrogen-bond acceptors (Lipinski definition) is 2. The molecule has 4 heteroatoms. The molecule has 0 saturated carbocycles. The summed E-state index contributed by atoms with van der Waals surface area (Å²) in [6.07, 6.45) is 6.59. The van der Waals surface area contributed by atoms with Crippen molar-refractivity contribution in [3.05, 3.63) is 59.7 Å². The van der Waals surface area contributed by atoms with Crippen LogP contribution < -0.4 is 5.32 Å². The Morgan fingerprint density at radius 1 is 1.39 bits per heavy atom. The Kier molecular flexibility index (Phi) is 3.91. The van der Waals surface area contributed by atoms with Gasteiger partial charge in [0.05, 0.1) is 18.6 Å². The van der Waals surface area contributed by atoms with Crippen LogP contribution in [0.3, 0.4) is 0 Å². The molecule has 2 rings (SSSR count). The molecular formula is C14H15N3O. The van der Waals surface area contributed by atoms with Gasteiger partial charge < -0.3 is 10.3 Å². The van der Waals surface area contributed by atoms with Crippen LogP contribution in [0, 0.1) is 6.92 Å². The number of aryl methyl sites for hydroxylation is 1. The SMILES string of the molecule is Cc1ccc(C=CC(=O)NCc2cnc[nH]2)cc1. The molecule has 2 aromatic rings. The minimum absolute atomic E-state index is 0.120. The number of nitrogens with one attached hydrogen (secondary N) is 2. The van der Waals surface area contributed by atoms with Crippen LogP contribution in [0.5, 0.6) is 0 Å². The van der Waals surface area contributed by atoms with E-state index >= 15 is 0 Å². The fourth-order valence-corrected chi connectivity index (χ4v) is 1.47. The number of nitrogens with zero attached hydrogens (tertiary/aromatic N) is 1. The number of amides is 1. The van der Waals surface area contributed by atoms with Gasteiger partial charge in [0.2, 0.25) is 5.91 Å². The molecule has 0 unspecified atom stereocenters. The number of aromatic amines is 1. The van der Waals surface area contributed by atoms with E-state index in [1.54, 1.807) is 18.6 Å². The molecule has 0 spiro atoms. The third-order valence-corrected chi connectivity index (χ3v) is 2.51. The molecule has 0 aliphatic carbocycles. The van der Waals surface area contributed by atoms with Crippen LogP contribution in [0.4, 0.5) is 0 Å². The Morgan fingerprint density at radius 2 is 2.17 bits per heavy atom. The van der Waals surface area contributed by atoms with E-state index in [9.17, 15) is 4.79 Å². The lowest BCUT2D eigenvalue weighted by Gasteiger charge is -1.99. The average molecular weight is 241 g/mol. The van der Waals surface area contributed by atoms with Crippen molar-refractivity contribution in [2.24, 2.45) is 0 Å². The van der Waals surface area contributed by atoms with E-state index in [4.69, 9.17) is 0 Å². The summed E-state index contributed by atoms with van der Waals surface area (Å²) in [6, 6.07) is 7.99. The average Bonchev–Trinajstić information content (AvgIpc) is 2.89. The predicted molar refractivity (Wildman–Crippen MR) is 70.6 cm³/mol. The summed E-state index contributed by atoms with van der Waals surface area (Å²) in [5, 5.41) is 2.77. The van der Waals surface area contributed by atoms with Gasteiger partial charge in [0.25, 0.3) is 0 Å². The quantitative estimate of drug-likeness (QED) is 0.805. The van der Waals surface area contributed by atoms with Gasteiger partial charge in [0.15, 0.2) is 0 Å². The molecule has 0 aliphatic rings. The zero-order valence-corrected chi connectivity index (χ0v) is 10.2. The van der Waals surface area contributed by atoms with E-state index in [1.165, 1.54) is 11.6 Å². The summed E-state index contributed by atoms with van der Waals surface area (Å²) in [5.41, 5.74) is 3.10. The standard InChI is InChI=1S/C14H15N3O/c1-11-2-4-12(5-3-11)6-7-14(18)16-9-13-8-15-10-17-13/h2-8,10H,9H2,1H3,(H,15,17)(H,16,18). The molecule has 4 nitrogen and oxygen atoms in total. The molecule has 1 heterocycles. The zero-order chi connectivity index (χ0) is 12.8. The summed E-state index contributed by atoms with van der Waals surface area (Å²) in [4.78, 5) is 18.3. The Labute approximate surface area is 106 Å². The zero-order valence-electron chi connectivity index (χ0n) is 10.2. The predicted octanol–water partition coefficient (Wildman–Crippen LogP) is 2.05. The Morgan fingerprint density at radius 3 is 2.83 bits per heavy atom. The summed E-state index contributed by atoms with van der Waals surface area (Å²) in [5.74, 6) is -0.120. The number of carbonyl (C=O) groups is 1. The highest BCUT2D eigenvalue weighted by atomic mass is 16.1. The molecule has 0 aliphatic heterocycles. The molecular weight excluding hydrogens is 226 g/mol. The number of hydrogen-bond donors (Lipinski definition) is 2. The highest BCUT2D eigenvalue weighted by Crippen LogP contribution is 2.04. The third-order valence-electron chi connectivity index (χ3n) is 2.51. The van der Waals surface area contributed by atoms with Crippen molar-refractivity contribution in [1.82, 2.24) is 15.3 Å². The summed E-state index contributed by atoms with van der Waals surface area (Å²) in [7, 11) is 0. The second-order valence-electron chi connectivity index (χ2n) is 4.04. The largest absolute Gasteiger partial charge is 0.347 e. The fraction of sp³-hybridized carbons (Fsp3) is 0.143. The molecule has 1 amide bonds. The van der Waals surface area contributed by atoms with E-state index in [-0.39, 0.29) is 5.91 Å². The maximum absolute atomic E-state index is 11.5. The topological polar surface area (TPSA) is 57.8 Å². The number of aromatic nitrogens is 2. The fourth-order valence-electron chi connectivity index (χ4n) is 1.47. The lowest BCUT2D eigenvalue weighted by molar-refractivity contribution is -0.116. The monoisotopic (exact) mass is 241 g/mol. The molecule has 0 saturated heterocycles. The van der Waals surface area contributed by atoms with Crippen molar-refractivity contribution in [3.8, 4) is 0 Å². The molecule has 0 atom stereocenters. The molecule has 0 bridgehead atoms. The number of H-pyrrole nitrogens is 1. The summed E-state index contributed by atoms with van der Waals surface area (Å²) >= 11 is 0. The van der Waals surface area contributed by atoms with Gasteiger partial charge in [-0.05, 0) is 18.6 Å². The summed E-state index contributed by atoms with van der Waals surface area (Å²) in [6.45, 7) is 2.49. The number of carbonyl (C=O) groups excluding carboxylic acids is 1. The Balaban J connectivity index is 1.85. The van der Waals surface area contributed by atoms with Gasteiger partial charge in [-0.3, -0.25) is 4.79 Å². The van der Waals surface area contributed by atoms with E-state index < -0.39 is 0 Å². The Hall–Kier alpha value is -2.36. The van der Waals surface area contributed by atoms with Crippen LogP contribution in [0.2, 0.25) is 0 Å². The van der Waals surface area contributed by atoms with Gasteiger partial charge in [-0.2, -0.15) is 0 Å². The second-order valence-corrected chi connectivity index (χ2v) is 4.04. The maximum Gasteiger partial charge on any atom is 0.244 e. The highest BCUT2D eigenvalue weighted by molar-refractivity contribution is 5.91. The lowest BCUT2D eigenvalue weighted by Crippen LogP contribution is -2.20. The van der Waals surface area contributed by atoms with Crippen LogP contribution in [-0.4, -0.2) is 15.9 Å². The number of rotatable bonds is 4. The first kappa shape index (κ1) is 12.1. The van der Waals surface area contributed by atoms with Crippen LogP contribution in [0.1, 0.15) is 16.8 Å². The van der Waals surface area contributed by atoms with Crippen molar-refractivity contribution >= 4 is 12.0 Å². The van der Waals surface area contributed by atoms with Crippen LogP contribution in [0.25, 0.3) is 6.08 Å². The van der Waals surface area contributed by atoms with Crippen molar-refractivity contribution in [2.75, 3.05) is 0 Å². The van der Waals surface area contributed by atoms with E-state index in [1.807, 2.05) is 31.2 Å². The van der Waals surface area contributed by atoms with Gasteiger partial charge in [-0.25, -0.2) is 4.98 Å². The highest BCUT2D eigenvalue weighted by Gasteiger charge is 1.97. The van der Waals surface area contributed by atoms with Crippen molar-refractivity contribution < 1.29 is 4.79 Å². The molecule has 92 valence electrons. The molecule has 2 N–H and O–H groups in total. The summed E-state index contributed by atoms with van der Waals surface area (Å²) < 4.78 is 0. The molecule has 0 fully saturated rings.